The van der Waals surface area contributed by atoms with E-state index in [1.807, 2.05) is 0 Å². The Bertz CT molecular complexity index is 1870. The van der Waals surface area contributed by atoms with Gasteiger partial charge < -0.3 is 52.1 Å². The van der Waals surface area contributed by atoms with Crippen molar-refractivity contribution in [2.75, 3.05) is 47.8 Å². The molecule has 0 N–H and O–H groups in total. The zero-order valence-corrected chi connectivity index (χ0v) is 33.6. The monoisotopic (exact) mass is 804 g/mol. The van der Waals surface area contributed by atoms with Crippen molar-refractivity contribution < 1.29 is 66.5 Å². The van der Waals surface area contributed by atoms with Gasteiger partial charge in [0.05, 0.1) is 13.2 Å². The lowest BCUT2D eigenvalue weighted by Crippen LogP contribution is -2.71. The molecule has 2 fully saturated rings. The molecule has 1 saturated carbocycles. The summed E-state index contributed by atoms with van der Waals surface area (Å²) in [6.07, 6.45) is 7.89. The minimum absolute atomic E-state index is 0.216. The maximum atomic E-state index is 13.7. The third kappa shape index (κ3) is 10.8. The Kier molecular flexibility index (Phi) is 16.0. The van der Waals surface area contributed by atoms with Gasteiger partial charge in [0.25, 0.3) is 0 Å². The summed E-state index contributed by atoms with van der Waals surface area (Å²) in [5, 5.41) is 0. The van der Waals surface area contributed by atoms with Crippen LogP contribution in [0.3, 0.4) is 0 Å². The summed E-state index contributed by atoms with van der Waals surface area (Å²) in [6, 6.07) is 10.2. The third-order valence-corrected chi connectivity index (χ3v) is 9.44. The number of ether oxygens (including phenoxy) is 11. The molecule has 14 nitrogen and oxygen atoms in total. The van der Waals surface area contributed by atoms with Crippen LogP contribution in [0, 0.1) is 0 Å². The van der Waals surface area contributed by atoms with Crippen LogP contribution in [0.25, 0.3) is 12.2 Å². The van der Waals surface area contributed by atoms with Crippen LogP contribution in [-0.2, 0) is 47.5 Å². The molecule has 0 unspecified atom stereocenters. The molecule has 14 heteroatoms. The molecule has 6 atom stereocenters. The molecule has 58 heavy (non-hydrogen) atoms. The number of carbonyl (C=O) groups excluding carboxylic acids is 3. The average molecular weight is 805 g/mol. The van der Waals surface area contributed by atoms with Gasteiger partial charge in [-0.3, -0.25) is 0 Å². The molecular formula is C44H52O14. The van der Waals surface area contributed by atoms with Crippen LogP contribution >= 0.6 is 0 Å². The number of fused-ring (bicyclic) bond motifs is 1. The lowest BCUT2D eigenvalue weighted by Gasteiger charge is -2.56. The molecule has 1 saturated heterocycles. The van der Waals surface area contributed by atoms with E-state index in [0.29, 0.717) is 34.1 Å². The summed E-state index contributed by atoms with van der Waals surface area (Å²) in [6.45, 7) is 18.9. The molecule has 0 aromatic heterocycles. The first-order valence-corrected chi connectivity index (χ1v) is 18.4. The van der Waals surface area contributed by atoms with Gasteiger partial charge in [-0.25, -0.2) is 14.4 Å². The van der Waals surface area contributed by atoms with Gasteiger partial charge in [-0.15, -0.1) is 0 Å². The summed E-state index contributed by atoms with van der Waals surface area (Å²) in [4.78, 5) is 40.8. The standard InChI is InChI=1S/C44H52O14/c1-10-22-51-32-18-14-30(26-34(32)53-24-12-3)16-20-38(45)55-36-28-44(41(47)48-7,29-37-40(36)58-43(6,50-9)42(5,49-8)56-37)57-39(46)21-17-31-15-19-33(52-23-11-2)35(27-31)54-25-13-4/h10-21,26-27,36-37,40H,1-4,22-25,28-29H2,5-9H3/b20-16+,21-17+/t36-,37+,40+,42-,43-,44-/m0/s1. The van der Waals surface area contributed by atoms with Crippen LogP contribution < -0.4 is 18.9 Å². The largest absolute Gasteiger partial charge is 0.486 e. The first-order valence-electron chi connectivity index (χ1n) is 18.4. The highest BCUT2D eigenvalue weighted by Gasteiger charge is 2.64. The van der Waals surface area contributed by atoms with Gasteiger partial charge in [-0.2, -0.15) is 0 Å². The Hall–Kier alpha value is -5.67. The fraction of sp³-hybridized carbons (Fsp3) is 0.386. The molecule has 4 rings (SSSR count). The van der Waals surface area contributed by atoms with E-state index in [2.05, 4.69) is 26.3 Å². The number of carbonyl (C=O) groups is 3. The maximum Gasteiger partial charge on any atom is 0.350 e. The van der Waals surface area contributed by atoms with Crippen molar-refractivity contribution >= 4 is 30.1 Å². The number of esters is 3. The van der Waals surface area contributed by atoms with E-state index in [-0.39, 0.29) is 39.3 Å². The van der Waals surface area contributed by atoms with Crippen LogP contribution in [-0.4, -0.2) is 101 Å². The Balaban J connectivity index is 1.65. The van der Waals surface area contributed by atoms with Crippen molar-refractivity contribution in [2.45, 2.75) is 62.2 Å². The van der Waals surface area contributed by atoms with Crippen molar-refractivity contribution in [1.29, 1.82) is 0 Å². The van der Waals surface area contributed by atoms with E-state index in [1.165, 1.54) is 32.4 Å². The van der Waals surface area contributed by atoms with Crippen molar-refractivity contribution in [3.8, 4) is 23.0 Å². The minimum atomic E-state index is -2.00. The van der Waals surface area contributed by atoms with Crippen LogP contribution in [0.5, 0.6) is 23.0 Å². The van der Waals surface area contributed by atoms with Gasteiger partial charge in [-0.1, -0.05) is 62.8 Å². The summed E-state index contributed by atoms with van der Waals surface area (Å²) < 4.78 is 64.2. The zero-order valence-electron chi connectivity index (χ0n) is 33.6. The van der Waals surface area contributed by atoms with Gasteiger partial charge in [0, 0.05) is 39.2 Å². The number of hydrogen-bond donors (Lipinski definition) is 0. The summed E-state index contributed by atoms with van der Waals surface area (Å²) in [5.74, 6) is -3.81. The topological polar surface area (TPSA) is 153 Å². The van der Waals surface area contributed by atoms with Gasteiger partial charge in [0.1, 0.15) is 38.6 Å². The highest BCUT2D eigenvalue weighted by atomic mass is 16.8. The van der Waals surface area contributed by atoms with Gasteiger partial charge in [-0.05, 0) is 61.4 Å². The van der Waals surface area contributed by atoms with Crippen LogP contribution in [0.15, 0.2) is 99.2 Å². The summed E-state index contributed by atoms with van der Waals surface area (Å²) >= 11 is 0. The molecule has 0 amide bonds. The normalized spacial score (nSPS) is 25.2. The smallest absolute Gasteiger partial charge is 0.350 e. The van der Waals surface area contributed by atoms with E-state index < -0.39 is 53.4 Å². The summed E-state index contributed by atoms with van der Waals surface area (Å²) in [5.41, 5.74) is -0.843. The van der Waals surface area contributed by atoms with Crippen molar-refractivity contribution in [2.24, 2.45) is 0 Å². The van der Waals surface area contributed by atoms with Crippen LogP contribution in [0.1, 0.15) is 37.8 Å². The molecule has 1 aliphatic heterocycles. The molecule has 2 aromatic carbocycles. The fourth-order valence-electron chi connectivity index (χ4n) is 6.34. The fourth-order valence-corrected chi connectivity index (χ4v) is 6.34. The SMILES string of the molecule is C=CCOc1ccc(/C=C/C(=O)O[C@H]2C[C@@](OC(=O)/C=C/c3ccc(OCC=C)c(OCC=C)c3)(C(=O)OC)C[C@H]3O[C@](C)(OC)[C@@](C)(OC)O[C@H]23)cc1OCC=C. The van der Waals surface area contributed by atoms with E-state index >= 15 is 0 Å². The number of rotatable bonds is 21. The lowest BCUT2D eigenvalue weighted by molar-refractivity contribution is -0.460. The predicted molar refractivity (Wildman–Crippen MR) is 214 cm³/mol. The van der Waals surface area contributed by atoms with E-state index in [1.54, 1.807) is 74.5 Å². The second kappa shape index (κ2) is 20.7. The minimum Gasteiger partial charge on any atom is -0.486 e. The lowest BCUT2D eigenvalue weighted by atomic mass is 9.77. The van der Waals surface area contributed by atoms with E-state index in [9.17, 15) is 14.4 Å². The Labute approximate surface area is 339 Å². The first kappa shape index (κ1) is 45.0. The maximum absolute atomic E-state index is 13.7. The van der Waals surface area contributed by atoms with Crippen molar-refractivity contribution in [3.05, 3.63) is 110 Å². The molecule has 2 aromatic rings. The zero-order chi connectivity index (χ0) is 42.3. The third-order valence-electron chi connectivity index (χ3n) is 9.44. The number of benzene rings is 2. The number of hydrogen-bond acceptors (Lipinski definition) is 14. The molecule has 2 aliphatic rings. The molecule has 0 radical (unpaired) electrons. The molecule has 1 heterocycles. The highest BCUT2D eigenvalue weighted by molar-refractivity contribution is 5.91. The molecule has 312 valence electrons. The van der Waals surface area contributed by atoms with Gasteiger partial charge in [0.2, 0.25) is 17.2 Å². The Morgan fingerprint density at radius 3 is 1.60 bits per heavy atom. The Morgan fingerprint density at radius 1 is 0.672 bits per heavy atom. The molecule has 0 bridgehead atoms. The predicted octanol–water partition coefficient (Wildman–Crippen LogP) is 6.34. The Morgan fingerprint density at radius 2 is 1.14 bits per heavy atom. The van der Waals surface area contributed by atoms with Gasteiger partial charge in [0.15, 0.2) is 23.0 Å². The van der Waals surface area contributed by atoms with E-state index in [0.717, 1.165) is 13.2 Å². The van der Waals surface area contributed by atoms with E-state index in [4.69, 9.17) is 52.1 Å². The quantitative estimate of drug-likeness (QED) is 0.0597. The van der Waals surface area contributed by atoms with Crippen LogP contribution in [0.4, 0.5) is 0 Å². The van der Waals surface area contributed by atoms with Crippen LogP contribution in [0.2, 0.25) is 0 Å². The average Bonchev–Trinajstić information content (AvgIpc) is 3.22. The highest BCUT2D eigenvalue weighted by Crippen LogP contribution is 2.47. The van der Waals surface area contributed by atoms with Crippen molar-refractivity contribution in [3.63, 3.8) is 0 Å². The second-order valence-electron chi connectivity index (χ2n) is 13.3. The van der Waals surface area contributed by atoms with Crippen molar-refractivity contribution in [1.82, 2.24) is 0 Å². The van der Waals surface area contributed by atoms with Gasteiger partial charge >= 0.3 is 17.9 Å². The summed E-state index contributed by atoms with van der Waals surface area (Å²) in [7, 11) is 3.98. The second-order valence-corrected chi connectivity index (χ2v) is 13.3. The molecule has 0 spiro atoms. The number of methoxy groups -OCH3 is 3. The molecule has 1 aliphatic carbocycles. The first-order chi connectivity index (χ1) is 27.8. The molecular weight excluding hydrogens is 752 g/mol.